The summed E-state index contributed by atoms with van der Waals surface area (Å²) in [7, 11) is 0. The summed E-state index contributed by atoms with van der Waals surface area (Å²) in [5, 5.41) is 18.0. The third kappa shape index (κ3) is 11.4. The zero-order valence-corrected chi connectivity index (χ0v) is 32.5. The average Bonchev–Trinajstić information content (AvgIpc) is 3.65. The number of carboxylic acid groups (broad SMARTS) is 1. The smallest absolute Gasteiger partial charge is 0.321 e. The summed E-state index contributed by atoms with van der Waals surface area (Å²) in [5.41, 5.74) is 13.1. The van der Waals surface area contributed by atoms with Gasteiger partial charge in [0.1, 0.15) is 29.9 Å². The third-order valence-electron chi connectivity index (χ3n) is 9.07. The van der Waals surface area contributed by atoms with Gasteiger partial charge in [-0.25, -0.2) is 13.5 Å². The summed E-state index contributed by atoms with van der Waals surface area (Å²) in [6.45, 7) is 6.62. The van der Waals surface area contributed by atoms with Crippen molar-refractivity contribution in [3.63, 3.8) is 0 Å². The largest absolute Gasteiger partial charge is 0.480 e. The Morgan fingerprint density at radius 2 is 1.71 bits per heavy atom. The number of aromatic nitrogens is 2. The van der Waals surface area contributed by atoms with Crippen molar-refractivity contribution in [1.82, 2.24) is 30.2 Å². The Hall–Kier alpha value is -5.20. The Morgan fingerprint density at radius 3 is 2.36 bits per heavy atom. The molecule has 3 aromatic rings. The number of likely N-dealkylation sites (tertiary alicyclic amines) is 1. The van der Waals surface area contributed by atoms with Crippen molar-refractivity contribution >= 4 is 47.3 Å². The van der Waals surface area contributed by atoms with Crippen molar-refractivity contribution < 1.29 is 42.7 Å². The van der Waals surface area contributed by atoms with Gasteiger partial charge >= 0.3 is 5.97 Å². The lowest BCUT2D eigenvalue weighted by Crippen LogP contribution is -2.48. The van der Waals surface area contributed by atoms with Crippen LogP contribution in [-0.4, -0.2) is 109 Å². The first-order valence-corrected chi connectivity index (χ1v) is 19.0. The molecule has 0 bridgehead atoms. The summed E-state index contributed by atoms with van der Waals surface area (Å²) in [5.74, 6) is -5.32. The van der Waals surface area contributed by atoms with Crippen LogP contribution in [0.3, 0.4) is 0 Å². The van der Waals surface area contributed by atoms with E-state index in [-0.39, 0.29) is 49.8 Å². The molecule has 4 atom stereocenters. The second-order valence-electron chi connectivity index (χ2n) is 14.5. The van der Waals surface area contributed by atoms with Gasteiger partial charge in [0.15, 0.2) is 0 Å². The molecular weight excluding hydrogens is 751 g/mol. The molecule has 2 aromatic carbocycles. The molecule has 1 saturated heterocycles. The molecule has 7 N–H and O–H groups in total. The van der Waals surface area contributed by atoms with Crippen molar-refractivity contribution in [2.45, 2.75) is 70.3 Å². The van der Waals surface area contributed by atoms with Crippen LogP contribution in [0.4, 0.5) is 8.78 Å². The van der Waals surface area contributed by atoms with Crippen molar-refractivity contribution in [2.24, 2.45) is 16.9 Å². The number of carbonyl (C=O) groups excluding carboxylic acids is 5. The number of rotatable bonds is 18. The molecule has 1 aromatic heterocycles. The van der Waals surface area contributed by atoms with Gasteiger partial charge in [0, 0.05) is 63.0 Å². The van der Waals surface area contributed by atoms with Crippen molar-refractivity contribution in [2.75, 3.05) is 31.9 Å². The number of hydrogen-bond donors (Lipinski definition) is 5. The fourth-order valence-corrected chi connectivity index (χ4v) is 7.36. The lowest BCUT2D eigenvalue weighted by atomic mass is 9.81. The van der Waals surface area contributed by atoms with Crippen LogP contribution in [-0.2, 0) is 35.2 Å². The van der Waals surface area contributed by atoms with E-state index in [2.05, 4.69) is 10.6 Å². The van der Waals surface area contributed by atoms with Crippen molar-refractivity contribution in [1.29, 1.82) is 0 Å². The minimum atomic E-state index is -1.23. The first kappa shape index (κ1) is 43.5. The molecule has 1 aliphatic heterocycles. The number of aliphatic carboxylic acids is 1. The normalized spacial score (nSPS) is 16.0. The molecule has 18 heteroatoms. The van der Waals surface area contributed by atoms with Crippen molar-refractivity contribution in [3.8, 4) is 5.69 Å². The van der Waals surface area contributed by atoms with Gasteiger partial charge in [-0.05, 0) is 29.5 Å². The van der Waals surface area contributed by atoms with E-state index in [0.717, 1.165) is 40.4 Å². The monoisotopic (exact) mass is 798 g/mol. The number of nitrogens with two attached hydrogens (primary N) is 2. The highest BCUT2D eigenvalue weighted by Gasteiger charge is 2.40. The SMILES string of the molecule is CC(=O)N(CC[C@H](N)C(=O)NCCNC(=O)CN1C(=O)CC(SC[C@H](N)C(=O)O)C1=O)[C@@H](c1nn(-c2cc(F)ccc2F)cc1Cc1ccccc1)C(C)(C)C. The molecule has 4 rings (SSSR count). The van der Waals surface area contributed by atoms with Crippen LogP contribution in [0.2, 0.25) is 0 Å². The van der Waals surface area contributed by atoms with E-state index < -0.39 is 76.6 Å². The van der Waals surface area contributed by atoms with Crippen LogP contribution in [0, 0.1) is 17.0 Å². The fraction of sp³-hybridized carbons (Fsp3) is 0.447. The van der Waals surface area contributed by atoms with Gasteiger partial charge in [-0.15, -0.1) is 11.8 Å². The number of carboxylic acids is 1. The fourth-order valence-electron chi connectivity index (χ4n) is 6.25. The minimum Gasteiger partial charge on any atom is -0.480 e. The molecule has 2 heterocycles. The maximum absolute atomic E-state index is 15.0. The van der Waals surface area contributed by atoms with Crippen LogP contribution in [0.1, 0.15) is 63.4 Å². The van der Waals surface area contributed by atoms with Gasteiger partial charge in [-0.3, -0.25) is 33.7 Å². The standard InChI is InChI=1S/C38H48F2N8O7S/c1-22(49)46(15-12-27(41)35(52)44-14-13-43-31(50)20-47-32(51)18-30(36(47)53)56-21-28(42)37(54)55)34(38(2,3)4)33-24(16-23-8-6-5-7-9-23)19-48(45-33)29-17-25(39)10-11-26(29)40/h5-11,17,19,27-28,30,34H,12-16,18,20-21,41-42H2,1-4H3,(H,43,50)(H,44,52)(H,54,55)/t27-,28-,30?,34-/m0/s1. The number of nitrogens with one attached hydrogen (secondary N) is 2. The van der Waals surface area contributed by atoms with Gasteiger partial charge in [0.25, 0.3) is 0 Å². The summed E-state index contributed by atoms with van der Waals surface area (Å²) in [4.78, 5) is 77.0. The quantitative estimate of drug-likeness (QED) is 0.0924. The predicted octanol–water partition coefficient (Wildman–Crippen LogP) is 1.90. The molecular formula is C38H48F2N8O7S. The number of carbonyl (C=O) groups is 6. The Balaban J connectivity index is 1.38. The second kappa shape index (κ2) is 19.1. The number of benzene rings is 2. The molecule has 302 valence electrons. The third-order valence-corrected chi connectivity index (χ3v) is 10.4. The molecule has 0 spiro atoms. The van der Waals surface area contributed by atoms with E-state index in [9.17, 15) is 37.5 Å². The average molecular weight is 799 g/mol. The second-order valence-corrected chi connectivity index (χ2v) is 15.8. The number of imide groups is 1. The van der Waals surface area contributed by atoms with Crippen LogP contribution in [0.5, 0.6) is 0 Å². The number of amides is 5. The first-order valence-electron chi connectivity index (χ1n) is 18.0. The van der Waals surface area contributed by atoms with Crippen LogP contribution < -0.4 is 22.1 Å². The predicted molar refractivity (Wildman–Crippen MR) is 204 cm³/mol. The van der Waals surface area contributed by atoms with Crippen LogP contribution >= 0.6 is 11.8 Å². The number of thioether (sulfide) groups is 1. The lowest BCUT2D eigenvalue weighted by molar-refractivity contribution is -0.142. The van der Waals surface area contributed by atoms with Crippen LogP contribution in [0.15, 0.2) is 54.7 Å². The summed E-state index contributed by atoms with van der Waals surface area (Å²) < 4.78 is 30.5. The highest BCUT2D eigenvalue weighted by atomic mass is 32.2. The summed E-state index contributed by atoms with van der Waals surface area (Å²) >= 11 is 0.942. The highest BCUT2D eigenvalue weighted by Crippen LogP contribution is 2.40. The maximum Gasteiger partial charge on any atom is 0.321 e. The molecule has 15 nitrogen and oxygen atoms in total. The van der Waals surface area contributed by atoms with Crippen LogP contribution in [0.25, 0.3) is 5.69 Å². The van der Waals surface area contributed by atoms with E-state index in [1.165, 1.54) is 11.6 Å². The molecule has 0 aliphatic carbocycles. The number of halogens is 2. The van der Waals surface area contributed by atoms with Gasteiger partial charge in [-0.2, -0.15) is 5.10 Å². The zero-order valence-electron chi connectivity index (χ0n) is 31.7. The topological polar surface area (TPSA) is 223 Å². The van der Waals surface area contributed by atoms with Gasteiger partial charge in [-0.1, -0.05) is 51.1 Å². The van der Waals surface area contributed by atoms with E-state index in [4.69, 9.17) is 21.7 Å². The maximum atomic E-state index is 15.0. The van der Waals surface area contributed by atoms with E-state index in [1.54, 1.807) is 11.1 Å². The van der Waals surface area contributed by atoms with E-state index in [0.29, 0.717) is 17.7 Å². The number of nitrogens with zero attached hydrogens (tertiary/aromatic N) is 4. The molecule has 1 fully saturated rings. The molecule has 1 unspecified atom stereocenters. The first-order chi connectivity index (χ1) is 26.4. The van der Waals surface area contributed by atoms with E-state index >= 15 is 0 Å². The molecule has 0 saturated carbocycles. The Kier molecular flexibility index (Phi) is 14.8. The summed E-state index contributed by atoms with van der Waals surface area (Å²) in [6.07, 6.45) is 1.89. The Bertz CT molecular complexity index is 1920. The summed E-state index contributed by atoms with van der Waals surface area (Å²) in [6, 6.07) is 9.66. The molecule has 56 heavy (non-hydrogen) atoms. The molecule has 1 aliphatic rings. The Labute approximate surface area is 327 Å². The van der Waals surface area contributed by atoms with Gasteiger partial charge in [0.2, 0.25) is 29.5 Å². The minimum absolute atomic E-state index is 0.0241. The molecule has 0 radical (unpaired) electrons. The van der Waals surface area contributed by atoms with Gasteiger partial charge in [0.05, 0.1) is 23.0 Å². The lowest BCUT2D eigenvalue weighted by Gasteiger charge is -2.40. The molecule has 5 amide bonds. The van der Waals surface area contributed by atoms with E-state index in [1.807, 2.05) is 51.1 Å². The zero-order chi connectivity index (χ0) is 41.3. The number of hydrogen-bond acceptors (Lipinski definition) is 10. The van der Waals surface area contributed by atoms with Gasteiger partial charge < -0.3 is 32.1 Å². The highest BCUT2D eigenvalue weighted by molar-refractivity contribution is 8.00. The Morgan fingerprint density at radius 1 is 1.04 bits per heavy atom. The van der Waals surface area contributed by atoms with Crippen molar-refractivity contribution in [3.05, 3.63) is 83.2 Å².